The van der Waals surface area contributed by atoms with Gasteiger partial charge in [-0.25, -0.2) is 0 Å². The van der Waals surface area contributed by atoms with Crippen molar-refractivity contribution in [2.24, 2.45) is 5.92 Å². The molecule has 0 aliphatic carbocycles. The van der Waals surface area contributed by atoms with Crippen LogP contribution in [0.5, 0.6) is 0 Å². The summed E-state index contributed by atoms with van der Waals surface area (Å²) in [5.74, 6) is 0.533. The van der Waals surface area contributed by atoms with Crippen LogP contribution in [0, 0.1) is 5.92 Å². The molecule has 1 nitrogen and oxygen atoms in total. The van der Waals surface area contributed by atoms with Gasteiger partial charge in [0, 0.05) is 5.54 Å². The van der Waals surface area contributed by atoms with Gasteiger partial charge in [-0.3, -0.25) is 0 Å². The Morgan fingerprint density at radius 2 is 1.89 bits per heavy atom. The molecule has 0 radical (unpaired) electrons. The topological polar surface area (TPSA) is 12.0 Å². The molecule has 0 aromatic heterocycles. The Kier molecular flexibility index (Phi) is 7.23. The molecule has 104 valence electrons. The predicted molar refractivity (Wildman–Crippen MR) is 83.9 cm³/mol. The normalized spacial score (nSPS) is 16.4. The largest absolute Gasteiger partial charge is 0.314 e. The first kappa shape index (κ1) is 17.2. The Balaban J connectivity index is 4.81. The lowest BCUT2D eigenvalue weighted by Gasteiger charge is -2.37. The summed E-state index contributed by atoms with van der Waals surface area (Å²) in [6, 6.07) is 0. The maximum atomic E-state index is 4.09. The van der Waals surface area contributed by atoms with E-state index in [1.165, 1.54) is 16.7 Å². The van der Waals surface area contributed by atoms with Gasteiger partial charge >= 0.3 is 0 Å². The molecule has 2 atom stereocenters. The van der Waals surface area contributed by atoms with Crippen LogP contribution in [0.15, 0.2) is 35.5 Å². The molecule has 0 fully saturated rings. The van der Waals surface area contributed by atoms with Crippen molar-refractivity contribution in [1.29, 1.82) is 0 Å². The molecule has 0 aromatic carbocycles. The van der Waals surface area contributed by atoms with Crippen molar-refractivity contribution >= 4 is 0 Å². The molecule has 0 aliphatic heterocycles. The van der Waals surface area contributed by atoms with Crippen molar-refractivity contribution in [3.63, 3.8) is 0 Å². The third kappa shape index (κ3) is 4.81. The number of hydrogen-bond donors (Lipinski definition) is 1. The minimum absolute atomic E-state index is 0.131. The van der Waals surface area contributed by atoms with Crippen LogP contribution >= 0.6 is 0 Å². The summed E-state index contributed by atoms with van der Waals surface area (Å²) in [6.07, 6.45) is 6.32. The van der Waals surface area contributed by atoms with E-state index >= 15 is 0 Å². The van der Waals surface area contributed by atoms with Crippen molar-refractivity contribution in [3.05, 3.63) is 35.5 Å². The number of rotatable bonds is 7. The molecule has 0 aromatic rings. The molecular weight excluding hydrogens is 218 g/mol. The van der Waals surface area contributed by atoms with E-state index < -0.39 is 0 Å². The van der Waals surface area contributed by atoms with E-state index in [9.17, 15) is 0 Å². The van der Waals surface area contributed by atoms with Crippen molar-refractivity contribution in [3.8, 4) is 0 Å². The van der Waals surface area contributed by atoms with E-state index in [4.69, 9.17) is 0 Å². The van der Waals surface area contributed by atoms with Crippen LogP contribution in [0.25, 0.3) is 0 Å². The number of nitrogens with one attached hydrogen (secondary N) is 1. The van der Waals surface area contributed by atoms with Crippen LogP contribution < -0.4 is 5.32 Å². The molecule has 0 spiro atoms. The van der Waals surface area contributed by atoms with Gasteiger partial charge in [0.1, 0.15) is 0 Å². The van der Waals surface area contributed by atoms with E-state index in [0.717, 1.165) is 12.8 Å². The molecule has 0 heterocycles. The highest BCUT2D eigenvalue weighted by Gasteiger charge is 2.30. The lowest BCUT2D eigenvalue weighted by Crippen LogP contribution is -2.46. The van der Waals surface area contributed by atoms with Crippen LogP contribution in [0.2, 0.25) is 0 Å². The fourth-order valence-corrected chi connectivity index (χ4v) is 2.21. The van der Waals surface area contributed by atoms with Crippen LogP contribution in [-0.2, 0) is 0 Å². The zero-order valence-corrected chi connectivity index (χ0v) is 13.4. The van der Waals surface area contributed by atoms with Crippen LogP contribution in [0.4, 0.5) is 0 Å². The third-order valence-corrected chi connectivity index (χ3v) is 4.33. The van der Waals surface area contributed by atoms with Gasteiger partial charge in [0.2, 0.25) is 0 Å². The molecule has 0 saturated heterocycles. The molecule has 1 N–H and O–H groups in total. The summed E-state index contributed by atoms with van der Waals surface area (Å²) in [4.78, 5) is 0. The van der Waals surface area contributed by atoms with E-state index in [-0.39, 0.29) is 5.54 Å². The van der Waals surface area contributed by atoms with Crippen LogP contribution in [-0.4, -0.2) is 12.6 Å². The molecular formula is C17H31N. The molecule has 0 saturated carbocycles. The fourth-order valence-electron chi connectivity index (χ4n) is 2.21. The SMILES string of the molecule is C=C(/C=C\C)CCC(C)(NC)C(C)C(C)=C(C)C. The van der Waals surface area contributed by atoms with E-state index in [0.29, 0.717) is 5.92 Å². The number of hydrogen-bond acceptors (Lipinski definition) is 1. The summed E-state index contributed by atoms with van der Waals surface area (Å²) in [7, 11) is 2.06. The summed E-state index contributed by atoms with van der Waals surface area (Å²) >= 11 is 0. The quantitative estimate of drug-likeness (QED) is 0.501. The summed E-state index contributed by atoms with van der Waals surface area (Å²) < 4.78 is 0. The van der Waals surface area contributed by atoms with Gasteiger partial charge in [-0.1, -0.05) is 42.4 Å². The monoisotopic (exact) mass is 249 g/mol. The molecule has 0 bridgehead atoms. The maximum Gasteiger partial charge on any atom is 0.0216 e. The maximum absolute atomic E-state index is 4.09. The smallest absolute Gasteiger partial charge is 0.0216 e. The minimum Gasteiger partial charge on any atom is -0.314 e. The summed E-state index contributed by atoms with van der Waals surface area (Å²) in [6.45, 7) is 17.4. The van der Waals surface area contributed by atoms with Gasteiger partial charge in [0.25, 0.3) is 0 Å². The van der Waals surface area contributed by atoms with Gasteiger partial charge in [0.15, 0.2) is 0 Å². The zero-order chi connectivity index (χ0) is 14.3. The highest BCUT2D eigenvalue weighted by atomic mass is 14.9. The lowest BCUT2D eigenvalue weighted by atomic mass is 9.77. The average molecular weight is 249 g/mol. The highest BCUT2D eigenvalue weighted by molar-refractivity contribution is 5.18. The first-order valence-corrected chi connectivity index (χ1v) is 6.91. The Morgan fingerprint density at radius 3 is 2.28 bits per heavy atom. The summed E-state index contributed by atoms with van der Waals surface area (Å²) in [5, 5.41) is 3.51. The predicted octanol–water partition coefficient (Wildman–Crippen LogP) is 4.87. The minimum atomic E-state index is 0.131. The van der Waals surface area contributed by atoms with Crippen LogP contribution in [0.3, 0.4) is 0 Å². The Bertz CT molecular complexity index is 332. The zero-order valence-electron chi connectivity index (χ0n) is 13.4. The summed E-state index contributed by atoms with van der Waals surface area (Å²) in [5.41, 5.74) is 4.26. The van der Waals surface area contributed by atoms with Crippen molar-refractivity contribution in [2.75, 3.05) is 7.05 Å². The molecule has 2 unspecified atom stereocenters. The Morgan fingerprint density at radius 1 is 1.33 bits per heavy atom. The van der Waals surface area contributed by atoms with Gasteiger partial charge < -0.3 is 5.32 Å². The van der Waals surface area contributed by atoms with E-state index in [1.807, 2.05) is 6.92 Å². The van der Waals surface area contributed by atoms with Crippen molar-refractivity contribution < 1.29 is 0 Å². The average Bonchev–Trinajstić information content (AvgIpc) is 2.34. The Hall–Kier alpha value is -0.820. The first-order chi connectivity index (χ1) is 8.28. The first-order valence-electron chi connectivity index (χ1n) is 6.91. The molecule has 0 aliphatic rings. The van der Waals surface area contributed by atoms with Gasteiger partial charge in [-0.15, -0.1) is 0 Å². The lowest BCUT2D eigenvalue weighted by molar-refractivity contribution is 0.273. The third-order valence-electron chi connectivity index (χ3n) is 4.33. The molecule has 18 heavy (non-hydrogen) atoms. The van der Waals surface area contributed by atoms with Gasteiger partial charge in [-0.05, 0) is 60.4 Å². The van der Waals surface area contributed by atoms with E-state index in [1.54, 1.807) is 0 Å². The van der Waals surface area contributed by atoms with Crippen molar-refractivity contribution in [2.45, 2.75) is 59.9 Å². The second kappa shape index (κ2) is 7.58. The fraction of sp³-hybridized carbons (Fsp3) is 0.647. The number of allylic oxidation sites excluding steroid dienone is 4. The molecule has 0 rings (SSSR count). The Labute approximate surface area is 114 Å². The van der Waals surface area contributed by atoms with Gasteiger partial charge in [0.05, 0.1) is 0 Å². The van der Waals surface area contributed by atoms with E-state index in [2.05, 4.69) is 65.7 Å². The standard InChI is InChI=1S/C17H31N/c1-9-10-14(4)11-12-17(7,18-8)16(6)15(5)13(2)3/h9-10,16,18H,4,11-12H2,1-3,5-8H3/b10-9-. The van der Waals surface area contributed by atoms with Crippen LogP contribution in [0.1, 0.15) is 54.4 Å². The molecule has 0 amide bonds. The van der Waals surface area contributed by atoms with Gasteiger partial charge in [-0.2, -0.15) is 0 Å². The van der Waals surface area contributed by atoms with Crippen molar-refractivity contribution in [1.82, 2.24) is 5.32 Å². The molecule has 1 heteroatoms. The highest BCUT2D eigenvalue weighted by Crippen LogP contribution is 2.31. The second-order valence-corrected chi connectivity index (χ2v) is 5.73. The second-order valence-electron chi connectivity index (χ2n) is 5.73.